The molecule has 20 heavy (non-hydrogen) atoms. The van der Waals surface area contributed by atoms with Crippen LogP contribution in [0.25, 0.3) is 32.8 Å². The molecule has 0 aliphatic carbocycles. The zero-order chi connectivity index (χ0) is 13.5. The minimum atomic E-state index is 1.17. The Morgan fingerprint density at radius 1 is 1.00 bits per heavy atom. The van der Waals surface area contributed by atoms with E-state index >= 15 is 0 Å². The number of aromatic nitrogens is 2. The lowest BCUT2D eigenvalue weighted by Crippen LogP contribution is -1.79. The lowest BCUT2D eigenvalue weighted by Gasteiger charge is -2.03. The molecule has 2 aromatic carbocycles. The fraction of sp³-hybridized carbons (Fsp3) is 0.0556. The van der Waals surface area contributed by atoms with Gasteiger partial charge in [0.05, 0.1) is 0 Å². The molecule has 0 atom stereocenters. The molecular formula is C18H14N2. The van der Waals surface area contributed by atoms with Crippen LogP contribution in [0.4, 0.5) is 0 Å². The number of pyridine rings is 1. The van der Waals surface area contributed by atoms with Gasteiger partial charge in [0.25, 0.3) is 0 Å². The number of fused-ring (bicyclic) bond motifs is 2. The first-order valence-electron chi connectivity index (χ1n) is 6.74. The zero-order valence-corrected chi connectivity index (χ0v) is 11.2. The van der Waals surface area contributed by atoms with Gasteiger partial charge >= 0.3 is 0 Å². The van der Waals surface area contributed by atoms with Crippen molar-refractivity contribution < 1.29 is 0 Å². The monoisotopic (exact) mass is 258 g/mol. The van der Waals surface area contributed by atoms with Crippen molar-refractivity contribution in [2.75, 3.05) is 0 Å². The summed E-state index contributed by atoms with van der Waals surface area (Å²) in [5, 5.41) is 3.67. The highest BCUT2D eigenvalue weighted by molar-refractivity contribution is 5.99. The van der Waals surface area contributed by atoms with Crippen LogP contribution in [0, 0.1) is 6.92 Å². The first-order chi connectivity index (χ1) is 9.83. The molecule has 0 saturated carbocycles. The highest BCUT2D eigenvalue weighted by Gasteiger charge is 2.07. The van der Waals surface area contributed by atoms with Crippen molar-refractivity contribution in [3.8, 4) is 11.1 Å². The molecule has 4 aromatic rings. The summed E-state index contributed by atoms with van der Waals surface area (Å²) in [4.78, 5) is 7.55. The summed E-state index contributed by atoms with van der Waals surface area (Å²) >= 11 is 0. The second-order valence-electron chi connectivity index (χ2n) is 5.14. The molecule has 0 aliphatic heterocycles. The number of aryl methyl sites for hydroxylation is 1. The second kappa shape index (κ2) is 4.20. The van der Waals surface area contributed by atoms with Crippen LogP contribution in [-0.2, 0) is 0 Å². The van der Waals surface area contributed by atoms with E-state index in [2.05, 4.69) is 65.6 Å². The van der Waals surface area contributed by atoms with E-state index in [1.54, 1.807) is 0 Å². The van der Waals surface area contributed by atoms with Gasteiger partial charge in [0.15, 0.2) is 0 Å². The van der Waals surface area contributed by atoms with Gasteiger partial charge in [0, 0.05) is 40.4 Å². The summed E-state index contributed by atoms with van der Waals surface area (Å²) in [7, 11) is 0. The van der Waals surface area contributed by atoms with Gasteiger partial charge in [-0.15, -0.1) is 0 Å². The molecule has 2 heterocycles. The van der Waals surface area contributed by atoms with Crippen molar-refractivity contribution in [3.63, 3.8) is 0 Å². The molecule has 0 amide bonds. The predicted octanol–water partition coefficient (Wildman–Crippen LogP) is 4.69. The van der Waals surface area contributed by atoms with E-state index in [9.17, 15) is 0 Å². The number of hydrogen-bond acceptors (Lipinski definition) is 1. The molecule has 2 nitrogen and oxygen atoms in total. The first kappa shape index (κ1) is 11.2. The van der Waals surface area contributed by atoms with Gasteiger partial charge in [-0.3, -0.25) is 4.98 Å². The molecule has 0 aliphatic rings. The van der Waals surface area contributed by atoms with E-state index < -0.39 is 0 Å². The predicted molar refractivity (Wildman–Crippen MR) is 83.8 cm³/mol. The van der Waals surface area contributed by atoms with Crippen molar-refractivity contribution in [1.29, 1.82) is 0 Å². The highest BCUT2D eigenvalue weighted by Crippen LogP contribution is 2.31. The smallest absolute Gasteiger partial charge is 0.0490 e. The molecule has 2 heteroatoms. The van der Waals surface area contributed by atoms with E-state index in [-0.39, 0.29) is 0 Å². The lowest BCUT2D eigenvalue weighted by molar-refractivity contribution is 1.36. The Hall–Kier alpha value is -2.61. The number of nitrogens with zero attached hydrogens (tertiary/aromatic N) is 1. The van der Waals surface area contributed by atoms with E-state index in [4.69, 9.17) is 0 Å². The Morgan fingerprint density at radius 2 is 1.95 bits per heavy atom. The molecular weight excluding hydrogens is 244 g/mol. The molecule has 0 radical (unpaired) electrons. The lowest BCUT2D eigenvalue weighted by atomic mass is 10.0. The molecule has 0 fully saturated rings. The Labute approximate surface area is 117 Å². The fourth-order valence-electron chi connectivity index (χ4n) is 2.80. The molecule has 0 unspecified atom stereocenters. The Kier molecular flexibility index (Phi) is 2.36. The van der Waals surface area contributed by atoms with Gasteiger partial charge in [0.2, 0.25) is 0 Å². The largest absolute Gasteiger partial charge is 0.360 e. The maximum absolute atomic E-state index is 4.16. The number of benzene rings is 2. The van der Waals surface area contributed by atoms with E-state index in [0.29, 0.717) is 0 Å². The standard InChI is InChI=1S/C18H14N2/c1-12-3-2-4-16-17(11-20-18(12)16)14-5-6-15-10-19-8-7-13(15)9-14/h2-11,20H,1H3. The topological polar surface area (TPSA) is 28.7 Å². The van der Waals surface area contributed by atoms with Crippen LogP contribution in [-0.4, -0.2) is 9.97 Å². The number of nitrogens with one attached hydrogen (secondary N) is 1. The minimum absolute atomic E-state index is 1.17. The third-order valence-corrected chi connectivity index (χ3v) is 3.88. The second-order valence-corrected chi connectivity index (χ2v) is 5.14. The average Bonchev–Trinajstić information content (AvgIpc) is 2.92. The van der Waals surface area contributed by atoms with Crippen LogP contribution < -0.4 is 0 Å². The number of para-hydroxylation sites is 1. The zero-order valence-electron chi connectivity index (χ0n) is 11.2. The summed E-state index contributed by atoms with van der Waals surface area (Å²) in [5.74, 6) is 0. The van der Waals surface area contributed by atoms with Crippen molar-refractivity contribution >= 4 is 21.7 Å². The molecule has 0 spiro atoms. The van der Waals surface area contributed by atoms with Crippen molar-refractivity contribution in [3.05, 3.63) is 66.6 Å². The molecule has 96 valence electrons. The maximum atomic E-state index is 4.16. The Morgan fingerprint density at radius 3 is 2.90 bits per heavy atom. The van der Waals surface area contributed by atoms with Crippen LogP contribution in [0.5, 0.6) is 0 Å². The van der Waals surface area contributed by atoms with Crippen LogP contribution in [0.2, 0.25) is 0 Å². The van der Waals surface area contributed by atoms with Gasteiger partial charge in [-0.1, -0.05) is 30.3 Å². The minimum Gasteiger partial charge on any atom is -0.360 e. The van der Waals surface area contributed by atoms with Crippen molar-refractivity contribution in [2.45, 2.75) is 6.92 Å². The molecule has 0 bridgehead atoms. The Bertz CT molecular complexity index is 919. The van der Waals surface area contributed by atoms with Gasteiger partial charge in [-0.2, -0.15) is 0 Å². The van der Waals surface area contributed by atoms with Crippen LogP contribution in [0.15, 0.2) is 61.1 Å². The molecule has 2 aromatic heterocycles. The average molecular weight is 258 g/mol. The third-order valence-electron chi connectivity index (χ3n) is 3.88. The summed E-state index contributed by atoms with van der Waals surface area (Å²) < 4.78 is 0. The Balaban J connectivity index is 1.99. The van der Waals surface area contributed by atoms with Gasteiger partial charge in [0.1, 0.15) is 0 Å². The van der Waals surface area contributed by atoms with Crippen molar-refractivity contribution in [1.82, 2.24) is 9.97 Å². The van der Waals surface area contributed by atoms with E-state index in [1.165, 1.54) is 38.4 Å². The van der Waals surface area contributed by atoms with Crippen LogP contribution in [0.1, 0.15) is 5.56 Å². The summed E-state index contributed by atoms with van der Waals surface area (Å²) in [6.07, 6.45) is 5.84. The van der Waals surface area contributed by atoms with Gasteiger partial charge < -0.3 is 4.98 Å². The first-order valence-corrected chi connectivity index (χ1v) is 6.74. The number of aromatic amines is 1. The number of rotatable bonds is 1. The van der Waals surface area contributed by atoms with Crippen molar-refractivity contribution in [2.24, 2.45) is 0 Å². The summed E-state index contributed by atoms with van der Waals surface area (Å²) in [6.45, 7) is 2.13. The van der Waals surface area contributed by atoms with Crippen LogP contribution >= 0.6 is 0 Å². The molecule has 0 saturated heterocycles. The summed E-state index contributed by atoms with van der Waals surface area (Å²) in [6, 6.07) is 15.0. The fourth-order valence-corrected chi connectivity index (χ4v) is 2.80. The normalized spacial score (nSPS) is 11.2. The number of H-pyrrole nitrogens is 1. The molecule has 4 rings (SSSR count). The van der Waals surface area contributed by atoms with E-state index in [1.807, 2.05) is 12.4 Å². The van der Waals surface area contributed by atoms with Gasteiger partial charge in [-0.25, -0.2) is 0 Å². The maximum Gasteiger partial charge on any atom is 0.0490 e. The molecule has 1 N–H and O–H groups in total. The quantitative estimate of drug-likeness (QED) is 0.527. The third kappa shape index (κ3) is 1.62. The SMILES string of the molecule is Cc1cccc2c(-c3ccc4cnccc4c3)c[nH]c12. The van der Waals surface area contributed by atoms with E-state index in [0.717, 1.165) is 0 Å². The number of hydrogen-bond donors (Lipinski definition) is 1. The van der Waals surface area contributed by atoms with Gasteiger partial charge in [-0.05, 0) is 35.6 Å². The highest BCUT2D eigenvalue weighted by atomic mass is 14.7. The van der Waals surface area contributed by atoms with Crippen LogP contribution in [0.3, 0.4) is 0 Å². The summed E-state index contributed by atoms with van der Waals surface area (Å²) in [5.41, 5.74) is 4.99.